The maximum atomic E-state index is 12.9. The number of aliphatic hydroxyl groups is 1. The van der Waals surface area contributed by atoms with Gasteiger partial charge < -0.3 is 10.4 Å². The standard InChI is InChI=1S/C17H15FN2O2/c1-11(16(21)13-6-8-15(18)9-7-13)20-17(22)14-4-2-12(10-19)3-5-14/h2-9,11,16,21H,1H3,(H,20,22). The zero-order valence-corrected chi connectivity index (χ0v) is 12.0. The molecule has 0 aromatic heterocycles. The molecule has 2 aromatic carbocycles. The zero-order valence-electron chi connectivity index (χ0n) is 12.0. The van der Waals surface area contributed by atoms with Crippen LogP contribution in [0.1, 0.15) is 34.5 Å². The largest absolute Gasteiger partial charge is 0.386 e. The first-order valence-electron chi connectivity index (χ1n) is 6.76. The summed E-state index contributed by atoms with van der Waals surface area (Å²) >= 11 is 0. The molecule has 0 bridgehead atoms. The van der Waals surface area contributed by atoms with E-state index in [0.717, 1.165) is 0 Å². The molecule has 0 saturated carbocycles. The van der Waals surface area contributed by atoms with Crippen molar-refractivity contribution in [2.45, 2.75) is 19.1 Å². The van der Waals surface area contributed by atoms with Gasteiger partial charge in [0.25, 0.3) is 5.91 Å². The first-order valence-corrected chi connectivity index (χ1v) is 6.76. The number of nitrogens with one attached hydrogen (secondary N) is 1. The number of halogens is 1. The maximum absolute atomic E-state index is 12.9. The zero-order chi connectivity index (χ0) is 16.1. The van der Waals surface area contributed by atoms with Crippen LogP contribution in [0.25, 0.3) is 0 Å². The predicted molar refractivity (Wildman–Crippen MR) is 79.4 cm³/mol. The highest BCUT2D eigenvalue weighted by Crippen LogP contribution is 2.17. The molecule has 2 N–H and O–H groups in total. The van der Waals surface area contributed by atoms with E-state index in [9.17, 15) is 14.3 Å². The molecular formula is C17H15FN2O2. The highest BCUT2D eigenvalue weighted by molar-refractivity contribution is 5.94. The molecule has 0 saturated heterocycles. The minimum absolute atomic E-state index is 0.349. The number of aliphatic hydroxyl groups excluding tert-OH is 1. The lowest BCUT2D eigenvalue weighted by molar-refractivity contribution is 0.0852. The fraction of sp³-hybridized carbons (Fsp3) is 0.176. The van der Waals surface area contributed by atoms with Crippen molar-refractivity contribution in [1.82, 2.24) is 5.32 Å². The summed E-state index contributed by atoms with van der Waals surface area (Å²) in [6, 6.07) is 13.1. The van der Waals surface area contributed by atoms with E-state index >= 15 is 0 Å². The molecule has 4 nitrogen and oxygen atoms in total. The van der Waals surface area contributed by atoms with Gasteiger partial charge in [-0.2, -0.15) is 5.26 Å². The number of amides is 1. The lowest BCUT2D eigenvalue weighted by Gasteiger charge is -2.20. The first-order chi connectivity index (χ1) is 10.5. The van der Waals surface area contributed by atoms with Gasteiger partial charge in [-0.1, -0.05) is 12.1 Å². The van der Waals surface area contributed by atoms with Crippen LogP contribution in [0.4, 0.5) is 4.39 Å². The Morgan fingerprint density at radius 2 is 1.77 bits per heavy atom. The van der Waals surface area contributed by atoms with E-state index in [1.165, 1.54) is 24.3 Å². The van der Waals surface area contributed by atoms with Crippen molar-refractivity contribution in [3.05, 3.63) is 71.0 Å². The summed E-state index contributed by atoms with van der Waals surface area (Å²) in [7, 11) is 0. The predicted octanol–water partition coefficient (Wildman–Crippen LogP) is 2.55. The number of benzene rings is 2. The van der Waals surface area contributed by atoms with Crippen molar-refractivity contribution < 1.29 is 14.3 Å². The molecule has 2 atom stereocenters. The molecule has 0 aliphatic heterocycles. The van der Waals surface area contributed by atoms with Crippen molar-refractivity contribution in [3.8, 4) is 6.07 Å². The molecule has 2 unspecified atom stereocenters. The van der Waals surface area contributed by atoms with Crippen LogP contribution in [0.3, 0.4) is 0 Å². The van der Waals surface area contributed by atoms with E-state index in [-0.39, 0.29) is 11.7 Å². The molecule has 1 amide bonds. The van der Waals surface area contributed by atoms with Crippen molar-refractivity contribution in [1.29, 1.82) is 5.26 Å². The number of rotatable bonds is 4. The summed E-state index contributed by atoms with van der Waals surface area (Å²) in [4.78, 5) is 12.1. The van der Waals surface area contributed by atoms with E-state index in [1.807, 2.05) is 6.07 Å². The number of carbonyl (C=O) groups is 1. The van der Waals surface area contributed by atoms with Crippen LogP contribution >= 0.6 is 0 Å². The number of nitrogens with zero attached hydrogens (tertiary/aromatic N) is 1. The smallest absolute Gasteiger partial charge is 0.251 e. The maximum Gasteiger partial charge on any atom is 0.251 e. The third-order valence-electron chi connectivity index (χ3n) is 3.32. The molecule has 0 spiro atoms. The van der Waals surface area contributed by atoms with Crippen LogP contribution in [0.15, 0.2) is 48.5 Å². The molecule has 2 aromatic rings. The van der Waals surface area contributed by atoms with E-state index < -0.39 is 12.1 Å². The third kappa shape index (κ3) is 3.68. The first kappa shape index (κ1) is 15.7. The highest BCUT2D eigenvalue weighted by Gasteiger charge is 2.19. The van der Waals surface area contributed by atoms with Gasteiger partial charge in [-0.25, -0.2) is 4.39 Å². The van der Waals surface area contributed by atoms with Gasteiger partial charge in [-0.15, -0.1) is 0 Å². The average Bonchev–Trinajstić information content (AvgIpc) is 2.54. The Morgan fingerprint density at radius 3 is 2.32 bits per heavy atom. The van der Waals surface area contributed by atoms with Crippen molar-refractivity contribution in [2.24, 2.45) is 0 Å². The van der Waals surface area contributed by atoms with Gasteiger partial charge in [0.15, 0.2) is 0 Å². The Hall–Kier alpha value is -2.71. The number of hydrogen-bond donors (Lipinski definition) is 2. The summed E-state index contributed by atoms with van der Waals surface area (Å²) in [5.74, 6) is -0.733. The molecular weight excluding hydrogens is 283 g/mol. The van der Waals surface area contributed by atoms with Crippen LogP contribution in [0.5, 0.6) is 0 Å². The van der Waals surface area contributed by atoms with Gasteiger partial charge in [0.1, 0.15) is 5.82 Å². The van der Waals surface area contributed by atoms with Crippen LogP contribution in [0.2, 0.25) is 0 Å². The monoisotopic (exact) mass is 298 g/mol. The summed E-state index contributed by atoms with van der Waals surface area (Å²) in [5.41, 5.74) is 1.39. The third-order valence-corrected chi connectivity index (χ3v) is 3.32. The van der Waals surface area contributed by atoms with E-state index in [2.05, 4.69) is 5.32 Å². The SMILES string of the molecule is CC(NC(=O)c1ccc(C#N)cc1)C(O)c1ccc(F)cc1. The second-order valence-electron chi connectivity index (χ2n) is 4.95. The lowest BCUT2D eigenvalue weighted by Crippen LogP contribution is -2.37. The van der Waals surface area contributed by atoms with E-state index in [4.69, 9.17) is 5.26 Å². The number of hydrogen-bond acceptors (Lipinski definition) is 3. The Bertz CT molecular complexity index is 690. The van der Waals surface area contributed by atoms with E-state index in [1.54, 1.807) is 31.2 Å². The van der Waals surface area contributed by atoms with Crippen molar-refractivity contribution in [3.63, 3.8) is 0 Å². The fourth-order valence-corrected chi connectivity index (χ4v) is 2.01. The number of carbonyl (C=O) groups excluding carboxylic acids is 1. The van der Waals surface area contributed by atoms with Gasteiger partial charge in [0.05, 0.1) is 23.8 Å². The van der Waals surface area contributed by atoms with Gasteiger partial charge >= 0.3 is 0 Å². The Balaban J connectivity index is 2.03. The molecule has 0 aliphatic rings. The van der Waals surface area contributed by atoms with Crippen LogP contribution in [-0.2, 0) is 0 Å². The highest BCUT2D eigenvalue weighted by atomic mass is 19.1. The Morgan fingerprint density at radius 1 is 1.18 bits per heavy atom. The average molecular weight is 298 g/mol. The molecule has 0 fully saturated rings. The Labute approximate surface area is 127 Å². The minimum Gasteiger partial charge on any atom is -0.386 e. The molecule has 0 radical (unpaired) electrons. The normalized spacial score (nSPS) is 13.0. The Kier molecular flexibility index (Phi) is 4.87. The van der Waals surface area contributed by atoms with Gasteiger partial charge in [0, 0.05) is 5.56 Å². The molecule has 0 heterocycles. The van der Waals surface area contributed by atoms with Crippen LogP contribution < -0.4 is 5.32 Å². The summed E-state index contributed by atoms with van der Waals surface area (Å²) < 4.78 is 12.9. The van der Waals surface area contributed by atoms with Crippen molar-refractivity contribution >= 4 is 5.91 Å². The van der Waals surface area contributed by atoms with E-state index in [0.29, 0.717) is 16.7 Å². The van der Waals surface area contributed by atoms with Crippen LogP contribution in [0, 0.1) is 17.1 Å². The summed E-state index contributed by atoms with van der Waals surface area (Å²) in [5, 5.41) is 21.6. The van der Waals surface area contributed by atoms with Crippen LogP contribution in [-0.4, -0.2) is 17.1 Å². The topological polar surface area (TPSA) is 73.1 Å². The van der Waals surface area contributed by atoms with Gasteiger partial charge in [-0.05, 0) is 48.9 Å². The molecule has 2 rings (SSSR count). The lowest BCUT2D eigenvalue weighted by atomic mass is 10.0. The van der Waals surface area contributed by atoms with Crippen molar-refractivity contribution in [2.75, 3.05) is 0 Å². The number of nitriles is 1. The summed E-state index contributed by atoms with van der Waals surface area (Å²) in [6.45, 7) is 1.66. The molecule has 112 valence electrons. The quantitative estimate of drug-likeness (QED) is 0.911. The van der Waals surface area contributed by atoms with Gasteiger partial charge in [-0.3, -0.25) is 4.79 Å². The minimum atomic E-state index is -0.942. The molecule has 22 heavy (non-hydrogen) atoms. The second kappa shape index (κ2) is 6.83. The second-order valence-corrected chi connectivity index (χ2v) is 4.95. The summed E-state index contributed by atoms with van der Waals surface area (Å²) in [6.07, 6.45) is -0.942. The molecule has 0 aliphatic carbocycles. The fourth-order valence-electron chi connectivity index (χ4n) is 2.01. The molecule has 5 heteroatoms. The van der Waals surface area contributed by atoms with Gasteiger partial charge in [0.2, 0.25) is 0 Å².